The number of imide groups is 1. The molecule has 31 heavy (non-hydrogen) atoms. The van der Waals surface area contributed by atoms with Crippen molar-refractivity contribution < 1.29 is 9.59 Å². The summed E-state index contributed by atoms with van der Waals surface area (Å²) in [6, 6.07) is 8.93. The van der Waals surface area contributed by atoms with Gasteiger partial charge in [-0.05, 0) is 18.9 Å². The maximum atomic E-state index is 12.6. The number of carbonyl (C=O) groups excluding carboxylic acids is 2. The number of hydrogen-bond donors (Lipinski definition) is 2. The largest absolute Gasteiger partial charge is 0.326 e. The molecule has 168 valence electrons. The molecule has 8 heteroatoms. The Morgan fingerprint density at radius 3 is 2.48 bits per heavy atom. The van der Waals surface area contributed by atoms with Crippen molar-refractivity contribution in [2.45, 2.75) is 71.0 Å². The third-order valence-corrected chi connectivity index (χ3v) is 5.88. The normalized spacial score (nSPS) is 21.1. The number of unbranched alkanes of at least 4 members (excludes halogenated alkanes) is 6. The second-order valence-corrected chi connectivity index (χ2v) is 8.21. The van der Waals surface area contributed by atoms with E-state index in [0.29, 0.717) is 12.5 Å². The Morgan fingerprint density at radius 2 is 1.77 bits per heavy atom. The number of carbonyl (C=O) groups is 2. The summed E-state index contributed by atoms with van der Waals surface area (Å²) in [5.74, 6) is 0.230. The molecule has 0 bridgehead atoms. The van der Waals surface area contributed by atoms with Crippen LogP contribution in [0.2, 0.25) is 0 Å². The van der Waals surface area contributed by atoms with Crippen molar-refractivity contribution in [3.63, 3.8) is 0 Å². The fourth-order valence-corrected chi connectivity index (χ4v) is 3.98. The lowest BCUT2D eigenvalue weighted by molar-refractivity contribution is -0.127. The number of likely N-dealkylation sites (N-methyl/N-ethyl adjacent to an activating group) is 1. The van der Waals surface area contributed by atoms with Crippen LogP contribution in [-0.4, -0.2) is 59.2 Å². The molecule has 2 atom stereocenters. The first-order valence-electron chi connectivity index (χ1n) is 11.3. The quantitative estimate of drug-likeness (QED) is 0.341. The number of hydrogen-bond acceptors (Lipinski definition) is 6. The SMILES string of the molecule is CCCCCCCCCN1C(N/N=C(/C)c2ccccc2)=NC2C1C(=O)NC(=O)N2C. The molecule has 1 saturated heterocycles. The van der Waals surface area contributed by atoms with E-state index >= 15 is 0 Å². The third kappa shape index (κ3) is 5.62. The van der Waals surface area contributed by atoms with Crippen molar-refractivity contribution in [2.75, 3.05) is 13.6 Å². The highest BCUT2D eigenvalue weighted by atomic mass is 16.2. The van der Waals surface area contributed by atoms with Crippen molar-refractivity contribution in [1.29, 1.82) is 0 Å². The summed E-state index contributed by atoms with van der Waals surface area (Å²) in [7, 11) is 1.66. The van der Waals surface area contributed by atoms with Gasteiger partial charge in [-0.2, -0.15) is 5.10 Å². The molecule has 1 fully saturated rings. The molecule has 2 aliphatic rings. The van der Waals surface area contributed by atoms with Crippen LogP contribution in [-0.2, 0) is 4.79 Å². The predicted octanol–water partition coefficient (Wildman–Crippen LogP) is 3.30. The van der Waals surface area contributed by atoms with Gasteiger partial charge >= 0.3 is 6.03 Å². The Bertz CT molecular complexity index is 823. The first kappa shape index (κ1) is 22.8. The molecule has 2 heterocycles. The Balaban J connectivity index is 1.68. The summed E-state index contributed by atoms with van der Waals surface area (Å²) in [6.45, 7) is 4.83. The number of guanidine groups is 1. The minimum Gasteiger partial charge on any atom is -0.326 e. The highest BCUT2D eigenvalue weighted by Crippen LogP contribution is 2.24. The van der Waals surface area contributed by atoms with Gasteiger partial charge in [0.05, 0.1) is 5.71 Å². The predicted molar refractivity (Wildman–Crippen MR) is 123 cm³/mol. The number of benzene rings is 1. The van der Waals surface area contributed by atoms with E-state index < -0.39 is 18.2 Å². The number of rotatable bonds is 10. The molecule has 0 radical (unpaired) electrons. The molecule has 1 aromatic rings. The fraction of sp³-hybridized carbons (Fsp3) is 0.565. The summed E-state index contributed by atoms with van der Waals surface area (Å²) < 4.78 is 0. The summed E-state index contributed by atoms with van der Waals surface area (Å²) in [6.07, 6.45) is 7.77. The van der Waals surface area contributed by atoms with E-state index in [9.17, 15) is 9.59 Å². The molecule has 8 nitrogen and oxygen atoms in total. The van der Waals surface area contributed by atoms with Crippen LogP contribution in [0.5, 0.6) is 0 Å². The highest BCUT2D eigenvalue weighted by Gasteiger charge is 2.48. The number of nitrogens with zero attached hydrogens (tertiary/aromatic N) is 4. The van der Waals surface area contributed by atoms with E-state index in [1.54, 1.807) is 7.05 Å². The molecule has 0 saturated carbocycles. The molecule has 2 unspecified atom stereocenters. The van der Waals surface area contributed by atoms with Crippen LogP contribution in [0.3, 0.4) is 0 Å². The molecular formula is C23H34N6O2. The number of aliphatic imine (C=N–C) groups is 1. The van der Waals surface area contributed by atoms with Gasteiger partial charge in [0.2, 0.25) is 5.96 Å². The van der Waals surface area contributed by atoms with E-state index in [2.05, 4.69) is 27.8 Å². The van der Waals surface area contributed by atoms with Gasteiger partial charge in [-0.1, -0.05) is 75.8 Å². The van der Waals surface area contributed by atoms with E-state index in [-0.39, 0.29) is 5.91 Å². The van der Waals surface area contributed by atoms with Crippen LogP contribution in [0, 0.1) is 0 Å². The average Bonchev–Trinajstić information content (AvgIpc) is 3.15. The van der Waals surface area contributed by atoms with Crippen molar-refractivity contribution in [3.8, 4) is 0 Å². The molecule has 1 aromatic carbocycles. The fourth-order valence-electron chi connectivity index (χ4n) is 3.98. The second kappa shape index (κ2) is 10.9. The van der Waals surface area contributed by atoms with Gasteiger partial charge in [-0.15, -0.1) is 0 Å². The maximum absolute atomic E-state index is 12.6. The van der Waals surface area contributed by atoms with Gasteiger partial charge in [-0.25, -0.2) is 15.2 Å². The Kier molecular flexibility index (Phi) is 8.03. The van der Waals surface area contributed by atoms with E-state index in [1.807, 2.05) is 42.2 Å². The van der Waals surface area contributed by atoms with Gasteiger partial charge in [0.15, 0.2) is 12.2 Å². The van der Waals surface area contributed by atoms with Crippen LogP contribution < -0.4 is 10.7 Å². The number of urea groups is 1. The van der Waals surface area contributed by atoms with Gasteiger partial charge in [0.1, 0.15) is 0 Å². The van der Waals surface area contributed by atoms with E-state index in [4.69, 9.17) is 0 Å². The van der Waals surface area contributed by atoms with Crippen molar-refractivity contribution in [3.05, 3.63) is 35.9 Å². The van der Waals surface area contributed by atoms with E-state index in [0.717, 1.165) is 24.1 Å². The molecule has 0 spiro atoms. The lowest BCUT2D eigenvalue weighted by Crippen LogP contribution is -2.64. The number of fused-ring (bicyclic) bond motifs is 1. The van der Waals surface area contributed by atoms with Crippen molar-refractivity contribution in [2.24, 2.45) is 10.1 Å². The lowest BCUT2D eigenvalue weighted by atomic mass is 10.1. The molecule has 3 rings (SSSR count). The summed E-state index contributed by atoms with van der Waals surface area (Å²) in [4.78, 5) is 32.8. The summed E-state index contributed by atoms with van der Waals surface area (Å²) in [5.41, 5.74) is 4.89. The average molecular weight is 427 g/mol. The van der Waals surface area contributed by atoms with Crippen molar-refractivity contribution >= 4 is 23.6 Å². The third-order valence-electron chi connectivity index (χ3n) is 5.88. The zero-order valence-electron chi connectivity index (χ0n) is 18.8. The zero-order valence-corrected chi connectivity index (χ0v) is 18.8. The molecule has 0 aliphatic carbocycles. The summed E-state index contributed by atoms with van der Waals surface area (Å²) >= 11 is 0. The number of nitrogens with one attached hydrogen (secondary N) is 2. The Morgan fingerprint density at radius 1 is 1.10 bits per heavy atom. The first-order valence-corrected chi connectivity index (χ1v) is 11.3. The Hall–Kier alpha value is -2.90. The van der Waals surface area contributed by atoms with Crippen molar-refractivity contribution in [1.82, 2.24) is 20.5 Å². The first-order chi connectivity index (χ1) is 15.0. The standard InChI is InChI=1S/C23H34N6O2/c1-4-5-6-7-8-9-13-16-29-19-20(28(3)23(31)25-21(19)30)24-22(29)27-26-17(2)18-14-11-10-12-15-18/h10-12,14-15,19-20H,4-9,13,16H2,1-3H3,(H,24,27)(H,25,30,31)/b26-17-. The number of hydrazone groups is 1. The zero-order chi connectivity index (χ0) is 22.2. The lowest BCUT2D eigenvalue weighted by Gasteiger charge is -2.36. The monoisotopic (exact) mass is 426 g/mol. The molecule has 2 aliphatic heterocycles. The van der Waals surface area contributed by atoms with Gasteiger partial charge in [0.25, 0.3) is 5.91 Å². The van der Waals surface area contributed by atoms with Crippen LogP contribution >= 0.6 is 0 Å². The van der Waals surface area contributed by atoms with Crippen LogP contribution in [0.1, 0.15) is 64.4 Å². The van der Waals surface area contributed by atoms with Crippen LogP contribution in [0.4, 0.5) is 4.79 Å². The molecule has 0 aromatic heterocycles. The van der Waals surface area contributed by atoms with Gasteiger partial charge < -0.3 is 9.80 Å². The number of amides is 3. The van der Waals surface area contributed by atoms with Crippen LogP contribution in [0.15, 0.2) is 40.4 Å². The highest BCUT2D eigenvalue weighted by molar-refractivity contribution is 6.04. The topological polar surface area (TPSA) is 89.4 Å². The molecule has 3 amide bonds. The van der Waals surface area contributed by atoms with E-state index in [1.165, 1.54) is 37.0 Å². The Labute approximate surface area is 184 Å². The minimum atomic E-state index is -0.541. The van der Waals surface area contributed by atoms with Crippen LogP contribution in [0.25, 0.3) is 0 Å². The molecular weight excluding hydrogens is 392 g/mol. The second-order valence-electron chi connectivity index (χ2n) is 8.21. The minimum absolute atomic E-state index is 0.305. The smallest absolute Gasteiger partial charge is 0.325 e. The maximum Gasteiger partial charge on any atom is 0.325 e. The van der Waals surface area contributed by atoms with Gasteiger partial charge in [-0.3, -0.25) is 10.1 Å². The summed E-state index contributed by atoms with van der Waals surface area (Å²) in [5, 5.41) is 6.93. The molecule has 2 N–H and O–H groups in total. The van der Waals surface area contributed by atoms with Gasteiger partial charge in [0, 0.05) is 13.6 Å².